The normalized spacial score (nSPS) is 24.3. The molecule has 2 bridgehead atoms. The Kier molecular flexibility index (Phi) is 3.68. The standard InChI is InChI=1S/C14H12BrCl2FN4/c15-10-9(16)3-8-12(11(10)18)20-14(17)21-13(8)22-4-6-1-2-7(5-22)19-6/h3,6-7,19H,1-2,4-5H2. The fraction of sp³-hybridized carbons (Fsp3) is 0.429. The molecule has 0 amide bonds. The van der Waals surface area contributed by atoms with Crippen molar-refractivity contribution >= 4 is 55.9 Å². The molecule has 2 saturated heterocycles. The van der Waals surface area contributed by atoms with Gasteiger partial charge in [-0.3, -0.25) is 0 Å². The summed E-state index contributed by atoms with van der Waals surface area (Å²) in [5, 5.41) is 4.50. The number of halogens is 4. The van der Waals surface area contributed by atoms with Gasteiger partial charge >= 0.3 is 0 Å². The van der Waals surface area contributed by atoms with E-state index in [4.69, 9.17) is 23.2 Å². The van der Waals surface area contributed by atoms with Gasteiger partial charge in [0, 0.05) is 30.6 Å². The number of nitrogens with zero attached hydrogens (tertiary/aromatic N) is 3. The average Bonchev–Trinajstić information content (AvgIpc) is 2.84. The molecule has 116 valence electrons. The van der Waals surface area contributed by atoms with Gasteiger partial charge in [0.05, 0.1) is 9.50 Å². The first-order valence-corrected chi connectivity index (χ1v) is 8.59. The molecule has 0 saturated carbocycles. The summed E-state index contributed by atoms with van der Waals surface area (Å²) in [6, 6.07) is 2.58. The third-order valence-electron chi connectivity index (χ3n) is 4.30. The zero-order valence-electron chi connectivity index (χ0n) is 11.4. The number of anilines is 1. The highest BCUT2D eigenvalue weighted by molar-refractivity contribution is 9.10. The second-order valence-corrected chi connectivity index (χ2v) is 7.28. The molecule has 2 fully saturated rings. The minimum atomic E-state index is -0.508. The molecule has 22 heavy (non-hydrogen) atoms. The summed E-state index contributed by atoms with van der Waals surface area (Å²) in [6.45, 7) is 1.66. The largest absolute Gasteiger partial charge is 0.353 e. The summed E-state index contributed by atoms with van der Waals surface area (Å²) in [5.74, 6) is 0.146. The summed E-state index contributed by atoms with van der Waals surface area (Å²) >= 11 is 15.3. The van der Waals surface area contributed by atoms with Crippen LogP contribution in [0.1, 0.15) is 12.8 Å². The summed E-state index contributed by atoms with van der Waals surface area (Å²) < 4.78 is 14.6. The minimum Gasteiger partial charge on any atom is -0.353 e. The van der Waals surface area contributed by atoms with Gasteiger partial charge in [0.1, 0.15) is 11.3 Å². The van der Waals surface area contributed by atoms with E-state index in [0.717, 1.165) is 25.9 Å². The van der Waals surface area contributed by atoms with Crippen LogP contribution >= 0.6 is 39.1 Å². The number of hydrogen-bond donors (Lipinski definition) is 1. The predicted molar refractivity (Wildman–Crippen MR) is 89.4 cm³/mol. The predicted octanol–water partition coefficient (Wildman–Crippen LogP) is 3.78. The van der Waals surface area contributed by atoms with Gasteiger partial charge in [-0.05, 0) is 46.4 Å². The van der Waals surface area contributed by atoms with E-state index < -0.39 is 5.82 Å². The van der Waals surface area contributed by atoms with Gasteiger partial charge in [-0.1, -0.05) is 11.6 Å². The lowest BCUT2D eigenvalue weighted by atomic mass is 10.1. The Balaban J connectivity index is 1.90. The van der Waals surface area contributed by atoms with Gasteiger partial charge in [0.15, 0.2) is 5.82 Å². The van der Waals surface area contributed by atoms with Gasteiger partial charge in [0.25, 0.3) is 0 Å². The van der Waals surface area contributed by atoms with E-state index in [-0.39, 0.29) is 15.3 Å². The Morgan fingerprint density at radius 1 is 1.23 bits per heavy atom. The van der Waals surface area contributed by atoms with Crippen LogP contribution in [0.4, 0.5) is 10.2 Å². The molecule has 2 aliphatic rings. The van der Waals surface area contributed by atoms with Crippen LogP contribution in [0.3, 0.4) is 0 Å². The lowest BCUT2D eigenvalue weighted by Crippen LogP contribution is -2.51. The SMILES string of the molecule is Fc1c(Br)c(Cl)cc2c(N3CC4CCC(C3)N4)nc(Cl)nc12. The van der Waals surface area contributed by atoms with Gasteiger partial charge in [0.2, 0.25) is 5.28 Å². The fourth-order valence-corrected chi connectivity index (χ4v) is 4.00. The number of piperazine rings is 1. The zero-order chi connectivity index (χ0) is 15.4. The third kappa shape index (κ3) is 2.37. The molecule has 3 heterocycles. The maximum Gasteiger partial charge on any atom is 0.225 e. The summed E-state index contributed by atoms with van der Waals surface area (Å²) in [6.07, 6.45) is 2.30. The van der Waals surface area contributed by atoms with Crippen molar-refractivity contribution in [2.75, 3.05) is 18.0 Å². The summed E-state index contributed by atoms with van der Waals surface area (Å²) in [7, 11) is 0. The molecule has 1 aromatic carbocycles. The molecule has 4 nitrogen and oxygen atoms in total. The molecule has 8 heteroatoms. The van der Waals surface area contributed by atoms with Gasteiger partial charge in [-0.15, -0.1) is 0 Å². The lowest BCUT2D eigenvalue weighted by Gasteiger charge is -2.34. The van der Waals surface area contributed by atoms with Gasteiger partial charge in [-0.2, -0.15) is 4.98 Å². The first-order chi connectivity index (χ1) is 10.5. The Bertz CT molecular complexity index is 760. The molecule has 0 aliphatic carbocycles. The second kappa shape index (κ2) is 5.44. The average molecular weight is 406 g/mol. The van der Waals surface area contributed by atoms with Crippen molar-refractivity contribution < 1.29 is 4.39 Å². The van der Waals surface area contributed by atoms with Crippen molar-refractivity contribution in [1.29, 1.82) is 0 Å². The Hall–Kier alpha value is -0.690. The molecule has 4 rings (SSSR count). The fourth-order valence-electron chi connectivity index (χ4n) is 3.34. The summed E-state index contributed by atoms with van der Waals surface area (Å²) in [4.78, 5) is 10.5. The van der Waals surface area contributed by atoms with Crippen LogP contribution in [0.2, 0.25) is 10.3 Å². The van der Waals surface area contributed by atoms with Crippen molar-refractivity contribution in [3.8, 4) is 0 Å². The zero-order valence-corrected chi connectivity index (χ0v) is 14.5. The molecule has 2 aromatic rings. The topological polar surface area (TPSA) is 41.0 Å². The first-order valence-electron chi connectivity index (χ1n) is 7.04. The molecule has 2 atom stereocenters. The minimum absolute atomic E-state index is 0.0431. The van der Waals surface area contributed by atoms with E-state index in [0.29, 0.717) is 28.3 Å². The van der Waals surface area contributed by atoms with E-state index in [1.54, 1.807) is 6.07 Å². The van der Waals surface area contributed by atoms with Crippen LogP contribution in [0.15, 0.2) is 10.5 Å². The van der Waals surface area contributed by atoms with E-state index >= 15 is 0 Å². The van der Waals surface area contributed by atoms with Crippen LogP contribution in [0.25, 0.3) is 10.9 Å². The van der Waals surface area contributed by atoms with Crippen molar-refractivity contribution in [2.45, 2.75) is 24.9 Å². The van der Waals surface area contributed by atoms with E-state index in [2.05, 4.69) is 36.1 Å². The van der Waals surface area contributed by atoms with E-state index in [9.17, 15) is 4.39 Å². The van der Waals surface area contributed by atoms with Crippen LogP contribution in [0.5, 0.6) is 0 Å². The number of fused-ring (bicyclic) bond motifs is 3. The van der Waals surface area contributed by atoms with Crippen LogP contribution in [0, 0.1) is 5.82 Å². The maximum absolute atomic E-state index is 14.4. The molecule has 2 unspecified atom stereocenters. The number of nitrogens with one attached hydrogen (secondary N) is 1. The molecule has 0 radical (unpaired) electrons. The number of hydrogen-bond acceptors (Lipinski definition) is 4. The summed E-state index contributed by atoms with van der Waals surface area (Å²) in [5.41, 5.74) is 0.192. The smallest absolute Gasteiger partial charge is 0.225 e. The monoisotopic (exact) mass is 404 g/mol. The molecule has 2 aliphatic heterocycles. The first kappa shape index (κ1) is 14.9. The third-order valence-corrected chi connectivity index (χ3v) is 5.77. The maximum atomic E-state index is 14.4. The molecular weight excluding hydrogens is 394 g/mol. The van der Waals surface area contributed by atoms with Crippen molar-refractivity contribution in [1.82, 2.24) is 15.3 Å². The molecule has 0 spiro atoms. The lowest BCUT2D eigenvalue weighted by molar-refractivity contribution is 0.464. The van der Waals surface area contributed by atoms with Crippen LogP contribution in [-0.4, -0.2) is 35.1 Å². The van der Waals surface area contributed by atoms with Gasteiger partial charge in [-0.25, -0.2) is 9.37 Å². The van der Waals surface area contributed by atoms with Crippen LogP contribution < -0.4 is 10.2 Å². The van der Waals surface area contributed by atoms with Gasteiger partial charge < -0.3 is 10.2 Å². The van der Waals surface area contributed by atoms with Crippen molar-refractivity contribution in [3.63, 3.8) is 0 Å². The Morgan fingerprint density at radius 2 is 1.91 bits per heavy atom. The van der Waals surface area contributed by atoms with Crippen LogP contribution in [-0.2, 0) is 0 Å². The Labute approximate surface area is 145 Å². The number of benzene rings is 1. The highest BCUT2D eigenvalue weighted by atomic mass is 79.9. The molecule has 1 N–H and O–H groups in total. The number of aromatic nitrogens is 2. The van der Waals surface area contributed by atoms with E-state index in [1.165, 1.54) is 0 Å². The Morgan fingerprint density at radius 3 is 2.59 bits per heavy atom. The highest BCUT2D eigenvalue weighted by Gasteiger charge is 2.33. The van der Waals surface area contributed by atoms with Crippen molar-refractivity contribution in [3.05, 3.63) is 26.7 Å². The highest BCUT2D eigenvalue weighted by Crippen LogP contribution is 2.36. The quantitative estimate of drug-likeness (QED) is 0.579. The second-order valence-electron chi connectivity index (χ2n) is 5.74. The van der Waals surface area contributed by atoms with E-state index in [1.807, 2.05) is 0 Å². The number of rotatable bonds is 1. The molecule has 1 aromatic heterocycles. The molecular formula is C14H12BrCl2FN4. The van der Waals surface area contributed by atoms with Crippen molar-refractivity contribution in [2.24, 2.45) is 0 Å².